The van der Waals surface area contributed by atoms with Gasteiger partial charge in [-0.25, -0.2) is 18.6 Å². The molecule has 0 amide bonds. The molecule has 0 aliphatic carbocycles. The third-order valence-electron chi connectivity index (χ3n) is 1.65. The minimum absolute atomic E-state index is 0.0683. The minimum Gasteiger partial charge on any atom is -0.462 e. The number of hydrogen-bond acceptors (Lipinski definition) is 3. The zero-order chi connectivity index (χ0) is 11.4. The van der Waals surface area contributed by atoms with Crippen LogP contribution in [0.15, 0.2) is 16.9 Å². The van der Waals surface area contributed by atoms with Crippen LogP contribution < -0.4 is 0 Å². The van der Waals surface area contributed by atoms with Crippen LogP contribution in [0, 0.1) is 0 Å². The number of carbonyl (C=O) groups excluding carboxylic acids is 1. The maximum Gasteiger partial charge on any atom is 0.341 e. The van der Waals surface area contributed by atoms with Gasteiger partial charge in [-0.05, 0) is 28.9 Å². The van der Waals surface area contributed by atoms with Gasteiger partial charge in [0.05, 0.1) is 6.61 Å². The van der Waals surface area contributed by atoms with Gasteiger partial charge in [0.2, 0.25) is 0 Å². The van der Waals surface area contributed by atoms with Crippen LogP contribution in [0.3, 0.4) is 0 Å². The molecule has 1 aromatic heterocycles. The van der Waals surface area contributed by atoms with E-state index in [-0.39, 0.29) is 22.3 Å². The monoisotopic (exact) mass is 279 g/mol. The molecule has 0 aliphatic rings. The third-order valence-corrected chi connectivity index (χ3v) is 2.25. The molecule has 0 aliphatic heterocycles. The van der Waals surface area contributed by atoms with Crippen LogP contribution >= 0.6 is 15.9 Å². The summed E-state index contributed by atoms with van der Waals surface area (Å²) in [7, 11) is 0. The molecule has 82 valence electrons. The summed E-state index contributed by atoms with van der Waals surface area (Å²) in [5, 5.41) is 0. The van der Waals surface area contributed by atoms with Crippen LogP contribution in [-0.2, 0) is 4.74 Å². The van der Waals surface area contributed by atoms with Gasteiger partial charge in [-0.3, -0.25) is 0 Å². The van der Waals surface area contributed by atoms with Gasteiger partial charge in [0.25, 0.3) is 6.43 Å². The van der Waals surface area contributed by atoms with E-state index in [2.05, 4.69) is 25.7 Å². The summed E-state index contributed by atoms with van der Waals surface area (Å²) in [5.74, 6) is -0.798. The fourth-order valence-corrected chi connectivity index (χ4v) is 1.55. The second-order valence-corrected chi connectivity index (χ2v) is 3.34. The zero-order valence-electron chi connectivity index (χ0n) is 7.84. The normalized spacial score (nSPS) is 10.5. The number of rotatable bonds is 3. The average molecular weight is 280 g/mol. The SMILES string of the molecule is CCOC(=O)c1c(C(F)F)ccnc1Br. The van der Waals surface area contributed by atoms with Crippen LogP contribution in [0.5, 0.6) is 0 Å². The average Bonchev–Trinajstić information content (AvgIpc) is 2.17. The molecule has 6 heteroatoms. The fourth-order valence-electron chi connectivity index (χ4n) is 1.04. The largest absolute Gasteiger partial charge is 0.462 e. The van der Waals surface area contributed by atoms with Crippen molar-refractivity contribution in [3.63, 3.8) is 0 Å². The molecular weight excluding hydrogens is 272 g/mol. The molecule has 0 unspecified atom stereocenters. The highest BCUT2D eigenvalue weighted by Gasteiger charge is 2.22. The van der Waals surface area contributed by atoms with Gasteiger partial charge in [-0.15, -0.1) is 0 Å². The first-order chi connectivity index (χ1) is 7.07. The van der Waals surface area contributed by atoms with E-state index in [1.807, 2.05) is 0 Å². The number of aromatic nitrogens is 1. The lowest BCUT2D eigenvalue weighted by molar-refractivity contribution is 0.0513. The summed E-state index contributed by atoms with van der Waals surface area (Å²) < 4.78 is 29.8. The van der Waals surface area contributed by atoms with Gasteiger partial charge in [0.1, 0.15) is 10.2 Å². The highest BCUT2D eigenvalue weighted by atomic mass is 79.9. The topological polar surface area (TPSA) is 39.2 Å². The van der Waals surface area contributed by atoms with Crippen LogP contribution in [0.1, 0.15) is 29.3 Å². The van der Waals surface area contributed by atoms with E-state index in [1.54, 1.807) is 6.92 Å². The standard InChI is InChI=1S/C9H8BrF2NO2/c1-2-15-9(14)6-5(8(11)12)3-4-13-7(6)10/h3-4,8H,2H2,1H3. The van der Waals surface area contributed by atoms with Gasteiger partial charge in [-0.1, -0.05) is 0 Å². The highest BCUT2D eigenvalue weighted by Crippen LogP contribution is 2.27. The van der Waals surface area contributed by atoms with E-state index >= 15 is 0 Å². The molecule has 0 N–H and O–H groups in total. The Kier molecular flexibility index (Phi) is 4.14. The molecule has 0 radical (unpaired) electrons. The van der Waals surface area contributed by atoms with E-state index in [9.17, 15) is 13.6 Å². The van der Waals surface area contributed by atoms with Crippen molar-refractivity contribution >= 4 is 21.9 Å². The molecule has 0 bridgehead atoms. The minimum atomic E-state index is -2.73. The number of halogens is 3. The number of ether oxygens (including phenoxy) is 1. The van der Waals surface area contributed by atoms with Crippen molar-refractivity contribution in [2.45, 2.75) is 13.3 Å². The Bertz CT molecular complexity index is 371. The van der Waals surface area contributed by atoms with E-state index in [4.69, 9.17) is 0 Å². The van der Waals surface area contributed by atoms with E-state index in [1.165, 1.54) is 6.20 Å². The van der Waals surface area contributed by atoms with Crippen molar-refractivity contribution in [3.05, 3.63) is 28.0 Å². The summed E-state index contributed by atoms with van der Waals surface area (Å²) >= 11 is 2.94. The Balaban J connectivity index is 3.18. The first-order valence-corrected chi connectivity index (χ1v) is 4.96. The summed E-state index contributed by atoms with van der Waals surface area (Å²) in [4.78, 5) is 15.1. The summed E-state index contributed by atoms with van der Waals surface area (Å²) in [6.45, 7) is 1.73. The van der Waals surface area contributed by atoms with Crippen molar-refractivity contribution in [3.8, 4) is 0 Å². The van der Waals surface area contributed by atoms with E-state index in [0.29, 0.717) is 0 Å². The van der Waals surface area contributed by atoms with Crippen LogP contribution in [-0.4, -0.2) is 17.6 Å². The first kappa shape index (κ1) is 12.0. The second-order valence-electron chi connectivity index (χ2n) is 2.59. The third kappa shape index (κ3) is 2.71. The molecular formula is C9H8BrF2NO2. The Labute approximate surface area is 93.6 Å². The number of alkyl halides is 2. The van der Waals surface area contributed by atoms with Crippen molar-refractivity contribution < 1.29 is 18.3 Å². The number of hydrogen-bond donors (Lipinski definition) is 0. The van der Waals surface area contributed by atoms with Crippen molar-refractivity contribution in [2.75, 3.05) is 6.61 Å². The fraction of sp³-hybridized carbons (Fsp3) is 0.333. The molecule has 3 nitrogen and oxygen atoms in total. The van der Waals surface area contributed by atoms with Crippen molar-refractivity contribution in [1.29, 1.82) is 0 Å². The number of nitrogens with zero attached hydrogens (tertiary/aromatic N) is 1. The molecule has 15 heavy (non-hydrogen) atoms. The second kappa shape index (κ2) is 5.16. The van der Waals surface area contributed by atoms with Gasteiger partial charge in [0.15, 0.2) is 0 Å². The van der Waals surface area contributed by atoms with Crippen LogP contribution in [0.25, 0.3) is 0 Å². The number of pyridine rings is 1. The maximum atomic E-state index is 12.6. The van der Waals surface area contributed by atoms with Crippen LogP contribution in [0.4, 0.5) is 8.78 Å². The molecule has 0 atom stereocenters. The smallest absolute Gasteiger partial charge is 0.341 e. The summed E-state index contributed by atoms with van der Waals surface area (Å²) in [6.07, 6.45) is -1.53. The van der Waals surface area contributed by atoms with Crippen molar-refractivity contribution in [1.82, 2.24) is 4.98 Å². The lowest BCUT2D eigenvalue weighted by Crippen LogP contribution is -2.10. The predicted molar refractivity (Wildman–Crippen MR) is 52.9 cm³/mol. The van der Waals surface area contributed by atoms with Gasteiger partial charge in [-0.2, -0.15) is 0 Å². The lowest BCUT2D eigenvalue weighted by atomic mass is 10.1. The Hall–Kier alpha value is -1.04. The van der Waals surface area contributed by atoms with Crippen molar-refractivity contribution in [2.24, 2.45) is 0 Å². The molecule has 0 fully saturated rings. The first-order valence-electron chi connectivity index (χ1n) is 4.17. The van der Waals surface area contributed by atoms with E-state index < -0.39 is 12.4 Å². The highest BCUT2D eigenvalue weighted by molar-refractivity contribution is 9.10. The molecule has 1 aromatic rings. The van der Waals surface area contributed by atoms with E-state index in [0.717, 1.165) is 6.07 Å². The Morgan fingerprint density at radius 3 is 2.87 bits per heavy atom. The number of carbonyl (C=O) groups is 1. The Morgan fingerprint density at radius 1 is 1.67 bits per heavy atom. The molecule has 0 spiro atoms. The predicted octanol–water partition coefficient (Wildman–Crippen LogP) is 2.96. The summed E-state index contributed by atoms with van der Waals surface area (Å²) in [6, 6.07) is 1.10. The van der Waals surface area contributed by atoms with Gasteiger partial charge in [0, 0.05) is 11.8 Å². The maximum absolute atomic E-state index is 12.6. The molecule has 1 rings (SSSR count). The quantitative estimate of drug-likeness (QED) is 0.631. The molecule has 0 saturated carbocycles. The Morgan fingerprint density at radius 2 is 2.33 bits per heavy atom. The lowest BCUT2D eigenvalue weighted by Gasteiger charge is -2.08. The zero-order valence-corrected chi connectivity index (χ0v) is 9.42. The number of esters is 1. The van der Waals surface area contributed by atoms with Crippen LogP contribution in [0.2, 0.25) is 0 Å². The van der Waals surface area contributed by atoms with Gasteiger partial charge < -0.3 is 4.74 Å². The van der Waals surface area contributed by atoms with Gasteiger partial charge >= 0.3 is 5.97 Å². The molecule has 0 saturated heterocycles. The molecule has 0 aromatic carbocycles. The summed E-state index contributed by atoms with van der Waals surface area (Å²) in [5.41, 5.74) is -0.593. The molecule has 1 heterocycles.